The van der Waals surface area contributed by atoms with E-state index >= 15 is 0 Å². The average Bonchev–Trinajstić information content (AvgIpc) is 2.49. The van der Waals surface area contributed by atoms with Gasteiger partial charge < -0.3 is 10.6 Å². The maximum atomic E-state index is 12.7. The summed E-state index contributed by atoms with van der Waals surface area (Å²) in [7, 11) is 0. The fraction of sp³-hybridized carbons (Fsp3) is 0.588. The Morgan fingerprint density at radius 3 is 2.24 bits per heavy atom. The van der Waals surface area contributed by atoms with Crippen molar-refractivity contribution >= 4 is 5.91 Å². The van der Waals surface area contributed by atoms with Gasteiger partial charge in [-0.3, -0.25) is 9.69 Å². The van der Waals surface area contributed by atoms with Gasteiger partial charge in [0, 0.05) is 44.3 Å². The molecule has 0 aliphatic carbocycles. The van der Waals surface area contributed by atoms with E-state index in [1.807, 2.05) is 36.9 Å². The topological polar surface area (TPSA) is 49.6 Å². The van der Waals surface area contributed by atoms with E-state index in [0.29, 0.717) is 12.6 Å². The molecule has 1 amide bonds. The summed E-state index contributed by atoms with van der Waals surface area (Å²) in [4.78, 5) is 17.1. The van der Waals surface area contributed by atoms with Gasteiger partial charge in [0.1, 0.15) is 0 Å². The highest BCUT2D eigenvalue weighted by Crippen LogP contribution is 2.18. The molecule has 116 valence electrons. The molecular formula is C17H27N3O. The highest BCUT2D eigenvalue weighted by atomic mass is 16.2. The Morgan fingerprint density at radius 1 is 1.19 bits per heavy atom. The Balaban J connectivity index is 2.04. The molecule has 2 rings (SSSR count). The Hall–Kier alpha value is -1.39. The van der Waals surface area contributed by atoms with Gasteiger partial charge >= 0.3 is 0 Å². The summed E-state index contributed by atoms with van der Waals surface area (Å²) in [5, 5.41) is 0. The van der Waals surface area contributed by atoms with Gasteiger partial charge in [-0.1, -0.05) is 25.1 Å². The molecule has 4 nitrogen and oxygen atoms in total. The average molecular weight is 289 g/mol. The van der Waals surface area contributed by atoms with E-state index in [0.717, 1.165) is 49.3 Å². The summed E-state index contributed by atoms with van der Waals surface area (Å²) in [5.41, 5.74) is 8.82. The van der Waals surface area contributed by atoms with Crippen molar-refractivity contribution in [1.29, 1.82) is 0 Å². The number of piperazine rings is 1. The zero-order chi connectivity index (χ0) is 15.4. The number of rotatable bonds is 4. The van der Waals surface area contributed by atoms with E-state index in [-0.39, 0.29) is 5.91 Å². The third kappa shape index (κ3) is 3.44. The monoisotopic (exact) mass is 289 g/mol. The van der Waals surface area contributed by atoms with Crippen molar-refractivity contribution in [3.63, 3.8) is 0 Å². The fourth-order valence-electron chi connectivity index (χ4n) is 3.17. The highest BCUT2D eigenvalue weighted by molar-refractivity contribution is 5.97. The van der Waals surface area contributed by atoms with E-state index in [1.54, 1.807) is 0 Å². The zero-order valence-corrected chi connectivity index (χ0v) is 13.4. The molecule has 1 aromatic carbocycles. The minimum atomic E-state index is 0.172. The Bertz CT molecular complexity index is 469. The van der Waals surface area contributed by atoms with E-state index in [9.17, 15) is 4.79 Å². The van der Waals surface area contributed by atoms with Crippen LogP contribution in [0.15, 0.2) is 18.2 Å². The summed E-state index contributed by atoms with van der Waals surface area (Å²) in [6.45, 7) is 10.3. The number of carbonyl (C=O) groups excluding carboxylic acids is 1. The van der Waals surface area contributed by atoms with E-state index in [1.165, 1.54) is 0 Å². The smallest absolute Gasteiger partial charge is 0.254 e. The van der Waals surface area contributed by atoms with Crippen LogP contribution in [0.4, 0.5) is 0 Å². The second kappa shape index (κ2) is 7.05. The molecule has 0 bridgehead atoms. The molecule has 1 aromatic rings. The van der Waals surface area contributed by atoms with Gasteiger partial charge in [0.15, 0.2) is 0 Å². The molecule has 1 aliphatic rings. The second-order valence-electron chi connectivity index (χ2n) is 5.89. The van der Waals surface area contributed by atoms with Crippen molar-refractivity contribution in [3.05, 3.63) is 34.9 Å². The number of nitrogens with zero attached hydrogens (tertiary/aromatic N) is 2. The summed E-state index contributed by atoms with van der Waals surface area (Å²) in [6, 6.07) is 6.48. The predicted molar refractivity (Wildman–Crippen MR) is 86.5 cm³/mol. The Kier molecular flexibility index (Phi) is 5.37. The molecule has 2 N–H and O–H groups in total. The van der Waals surface area contributed by atoms with Crippen LogP contribution in [-0.4, -0.2) is 54.5 Å². The number of benzene rings is 1. The molecule has 1 fully saturated rings. The van der Waals surface area contributed by atoms with Crippen LogP contribution in [0.2, 0.25) is 0 Å². The number of hydrogen-bond donors (Lipinski definition) is 1. The normalized spacial score (nSPS) is 17.8. The van der Waals surface area contributed by atoms with Crippen LogP contribution in [0.1, 0.15) is 34.8 Å². The number of hydrogen-bond acceptors (Lipinski definition) is 3. The number of aryl methyl sites for hydroxylation is 2. The first-order chi connectivity index (χ1) is 10.1. The summed E-state index contributed by atoms with van der Waals surface area (Å²) >= 11 is 0. The quantitative estimate of drug-likeness (QED) is 0.919. The lowest BCUT2D eigenvalue weighted by Crippen LogP contribution is -2.53. The van der Waals surface area contributed by atoms with E-state index < -0.39 is 0 Å². The van der Waals surface area contributed by atoms with Crippen LogP contribution in [-0.2, 0) is 0 Å². The minimum Gasteiger partial charge on any atom is -0.336 e. The summed E-state index contributed by atoms with van der Waals surface area (Å²) in [5.74, 6) is 0.172. The van der Waals surface area contributed by atoms with Crippen LogP contribution < -0.4 is 5.73 Å². The van der Waals surface area contributed by atoms with Gasteiger partial charge in [0.05, 0.1) is 0 Å². The molecule has 1 saturated heterocycles. The molecule has 4 heteroatoms. The van der Waals surface area contributed by atoms with Gasteiger partial charge in [-0.2, -0.15) is 0 Å². The van der Waals surface area contributed by atoms with Crippen LogP contribution in [0.3, 0.4) is 0 Å². The first kappa shape index (κ1) is 16.0. The third-order valence-corrected chi connectivity index (χ3v) is 4.56. The lowest BCUT2D eigenvalue weighted by molar-refractivity contribution is 0.0570. The Morgan fingerprint density at radius 2 is 1.76 bits per heavy atom. The maximum Gasteiger partial charge on any atom is 0.254 e. The van der Waals surface area contributed by atoms with Crippen molar-refractivity contribution in [2.24, 2.45) is 5.73 Å². The first-order valence-electron chi connectivity index (χ1n) is 7.88. The molecule has 0 radical (unpaired) electrons. The van der Waals surface area contributed by atoms with Crippen LogP contribution in [0.25, 0.3) is 0 Å². The Labute approximate surface area is 127 Å². The molecule has 1 unspecified atom stereocenters. The summed E-state index contributed by atoms with van der Waals surface area (Å²) in [6.07, 6.45) is 1.07. The molecule has 1 heterocycles. The van der Waals surface area contributed by atoms with Gasteiger partial charge in [-0.05, 0) is 31.4 Å². The van der Waals surface area contributed by atoms with Crippen LogP contribution in [0, 0.1) is 13.8 Å². The minimum absolute atomic E-state index is 0.172. The number of nitrogens with two attached hydrogens (primary N) is 1. The first-order valence-corrected chi connectivity index (χ1v) is 7.88. The van der Waals surface area contributed by atoms with Crippen LogP contribution >= 0.6 is 0 Å². The highest BCUT2D eigenvalue weighted by Gasteiger charge is 2.26. The van der Waals surface area contributed by atoms with E-state index in [4.69, 9.17) is 5.73 Å². The van der Waals surface area contributed by atoms with Crippen LogP contribution in [0.5, 0.6) is 0 Å². The molecule has 21 heavy (non-hydrogen) atoms. The van der Waals surface area contributed by atoms with Gasteiger partial charge in [0.25, 0.3) is 5.91 Å². The SMILES string of the molecule is CCC(CN)N1CCN(C(=O)c2c(C)cccc2C)CC1. The largest absolute Gasteiger partial charge is 0.336 e. The fourth-order valence-corrected chi connectivity index (χ4v) is 3.17. The molecule has 0 aromatic heterocycles. The van der Waals surface area contributed by atoms with Gasteiger partial charge in [0.2, 0.25) is 0 Å². The zero-order valence-electron chi connectivity index (χ0n) is 13.4. The third-order valence-electron chi connectivity index (χ3n) is 4.56. The van der Waals surface area contributed by atoms with Crippen molar-refractivity contribution in [3.8, 4) is 0 Å². The maximum absolute atomic E-state index is 12.7. The molecule has 0 spiro atoms. The molecule has 1 aliphatic heterocycles. The second-order valence-corrected chi connectivity index (χ2v) is 5.89. The predicted octanol–water partition coefficient (Wildman–Crippen LogP) is 1.80. The molecule has 0 saturated carbocycles. The number of amides is 1. The van der Waals surface area contributed by atoms with Crippen molar-refractivity contribution in [2.45, 2.75) is 33.2 Å². The van der Waals surface area contributed by atoms with Crippen molar-refractivity contribution < 1.29 is 4.79 Å². The molecular weight excluding hydrogens is 262 g/mol. The van der Waals surface area contributed by atoms with Crippen molar-refractivity contribution in [2.75, 3.05) is 32.7 Å². The number of carbonyl (C=O) groups is 1. The lowest BCUT2D eigenvalue weighted by atomic mass is 10.0. The van der Waals surface area contributed by atoms with Crippen molar-refractivity contribution in [1.82, 2.24) is 9.80 Å². The summed E-state index contributed by atoms with van der Waals surface area (Å²) < 4.78 is 0. The lowest BCUT2D eigenvalue weighted by Gasteiger charge is -2.39. The van der Waals surface area contributed by atoms with Gasteiger partial charge in [-0.15, -0.1) is 0 Å². The standard InChI is InChI=1S/C17H27N3O/c1-4-15(12-18)19-8-10-20(11-9-19)17(21)16-13(2)6-5-7-14(16)3/h5-7,15H,4,8-12,18H2,1-3H3. The molecule has 1 atom stereocenters. The van der Waals surface area contributed by atoms with E-state index in [2.05, 4.69) is 11.8 Å². The van der Waals surface area contributed by atoms with Gasteiger partial charge in [-0.25, -0.2) is 0 Å².